The average molecular weight is 283 g/mol. The van der Waals surface area contributed by atoms with Crippen molar-refractivity contribution in [1.29, 1.82) is 0 Å². The second-order valence-corrected chi connectivity index (χ2v) is 4.71. The van der Waals surface area contributed by atoms with E-state index in [9.17, 15) is 4.79 Å². The van der Waals surface area contributed by atoms with Gasteiger partial charge in [-0.15, -0.1) is 0 Å². The summed E-state index contributed by atoms with van der Waals surface area (Å²) in [5.74, 6) is 6.57. The average Bonchev–Trinajstić information content (AvgIpc) is 2.71. The second-order valence-electron chi connectivity index (χ2n) is 4.71. The predicted octanol–water partition coefficient (Wildman–Crippen LogP) is 2.80. The fourth-order valence-electron chi connectivity index (χ4n) is 2.10. The molecule has 1 amide bonds. The van der Waals surface area contributed by atoms with Crippen LogP contribution in [0.2, 0.25) is 0 Å². The van der Waals surface area contributed by atoms with Crippen LogP contribution in [0.25, 0.3) is 0 Å². The Balaban J connectivity index is 2.16. The molecule has 4 nitrogen and oxygen atoms in total. The van der Waals surface area contributed by atoms with Crippen LogP contribution in [0.3, 0.4) is 0 Å². The molecule has 1 heterocycles. The molecule has 0 aliphatic rings. The van der Waals surface area contributed by atoms with Crippen LogP contribution in [-0.2, 0) is 0 Å². The van der Waals surface area contributed by atoms with E-state index >= 15 is 0 Å². The van der Waals surface area contributed by atoms with Gasteiger partial charge < -0.3 is 14.8 Å². The molecule has 2 aromatic rings. The van der Waals surface area contributed by atoms with Crippen molar-refractivity contribution in [3.63, 3.8) is 0 Å². The highest BCUT2D eigenvalue weighted by atomic mass is 16.3. The number of amides is 1. The zero-order valence-electron chi connectivity index (χ0n) is 12.3. The summed E-state index contributed by atoms with van der Waals surface area (Å²) >= 11 is 0. The molecule has 0 bridgehead atoms. The zero-order valence-corrected chi connectivity index (χ0v) is 12.3. The molecule has 0 aliphatic heterocycles. The van der Waals surface area contributed by atoms with Gasteiger partial charge >= 0.3 is 0 Å². The van der Waals surface area contributed by atoms with Crippen molar-refractivity contribution in [2.45, 2.75) is 20.8 Å². The number of aryl methyl sites for hydroxylation is 2. The number of carbonyl (C=O) groups is 1. The minimum Gasteiger partial charge on any atom is -0.466 e. The number of hydrogen-bond acceptors (Lipinski definition) is 3. The molecule has 0 atom stereocenters. The third-order valence-corrected chi connectivity index (χ3v) is 3.24. The first-order valence-corrected chi connectivity index (χ1v) is 6.60. The SMILES string of the molecule is Cc1oc(C)c(C(=O)Nc2ccc(C#CCO)cc2)c1C. The van der Waals surface area contributed by atoms with Gasteiger partial charge in [-0.25, -0.2) is 0 Å². The molecule has 0 saturated carbocycles. The van der Waals surface area contributed by atoms with Crippen molar-refractivity contribution in [3.05, 3.63) is 52.5 Å². The van der Waals surface area contributed by atoms with Crippen molar-refractivity contribution in [2.75, 3.05) is 11.9 Å². The number of aliphatic hydroxyl groups excluding tert-OH is 1. The standard InChI is InChI=1S/C17H17NO3/c1-11-12(2)21-13(3)16(11)17(20)18-15-8-6-14(7-9-15)5-4-10-19/h6-9,19H,10H2,1-3H3,(H,18,20). The van der Waals surface area contributed by atoms with Crippen LogP contribution in [0.5, 0.6) is 0 Å². The largest absolute Gasteiger partial charge is 0.466 e. The number of carbonyl (C=O) groups excluding carboxylic acids is 1. The molecule has 0 radical (unpaired) electrons. The Hall–Kier alpha value is -2.51. The van der Waals surface area contributed by atoms with Crippen LogP contribution in [0.1, 0.15) is 33.0 Å². The molecular weight excluding hydrogens is 266 g/mol. The number of benzene rings is 1. The lowest BCUT2D eigenvalue weighted by atomic mass is 10.1. The summed E-state index contributed by atoms with van der Waals surface area (Å²) in [6, 6.07) is 7.13. The highest BCUT2D eigenvalue weighted by Crippen LogP contribution is 2.22. The number of hydrogen-bond donors (Lipinski definition) is 2. The van der Waals surface area contributed by atoms with Gasteiger partial charge in [0.15, 0.2) is 0 Å². The molecule has 0 fully saturated rings. The van der Waals surface area contributed by atoms with Gasteiger partial charge in [0, 0.05) is 16.8 Å². The maximum atomic E-state index is 12.3. The van der Waals surface area contributed by atoms with Gasteiger partial charge in [0.1, 0.15) is 18.1 Å². The van der Waals surface area contributed by atoms with E-state index in [1.165, 1.54) is 0 Å². The third-order valence-electron chi connectivity index (χ3n) is 3.24. The van der Waals surface area contributed by atoms with Gasteiger partial charge in [0.25, 0.3) is 5.91 Å². The summed E-state index contributed by atoms with van der Waals surface area (Å²) < 4.78 is 5.46. The summed E-state index contributed by atoms with van der Waals surface area (Å²) in [4.78, 5) is 12.3. The first kappa shape index (κ1) is 14.9. The quantitative estimate of drug-likeness (QED) is 0.833. The monoisotopic (exact) mass is 283 g/mol. The van der Waals surface area contributed by atoms with Gasteiger partial charge in [-0.3, -0.25) is 4.79 Å². The Morgan fingerprint density at radius 1 is 1.19 bits per heavy atom. The molecule has 4 heteroatoms. The van der Waals surface area contributed by atoms with Crippen molar-refractivity contribution in [1.82, 2.24) is 0 Å². The Bertz CT molecular complexity index is 715. The van der Waals surface area contributed by atoms with E-state index in [4.69, 9.17) is 9.52 Å². The molecular formula is C17H17NO3. The molecule has 1 aromatic heterocycles. The summed E-state index contributed by atoms with van der Waals surface area (Å²) in [6.07, 6.45) is 0. The molecule has 0 saturated heterocycles. The van der Waals surface area contributed by atoms with Gasteiger partial charge in [-0.05, 0) is 45.0 Å². The van der Waals surface area contributed by atoms with Crippen LogP contribution in [0.15, 0.2) is 28.7 Å². The normalized spacial score (nSPS) is 9.90. The summed E-state index contributed by atoms with van der Waals surface area (Å²) in [5, 5.41) is 11.5. The molecule has 0 spiro atoms. The number of anilines is 1. The third kappa shape index (κ3) is 3.33. The van der Waals surface area contributed by atoms with Crippen molar-refractivity contribution >= 4 is 11.6 Å². The molecule has 1 aromatic carbocycles. The maximum absolute atomic E-state index is 12.3. The number of rotatable bonds is 2. The Labute approximate surface area is 123 Å². The number of aliphatic hydroxyl groups is 1. The van der Waals surface area contributed by atoms with Gasteiger partial charge in [-0.1, -0.05) is 11.8 Å². The maximum Gasteiger partial charge on any atom is 0.259 e. The first-order valence-electron chi connectivity index (χ1n) is 6.60. The van der Waals surface area contributed by atoms with E-state index in [-0.39, 0.29) is 12.5 Å². The van der Waals surface area contributed by atoms with Crippen LogP contribution >= 0.6 is 0 Å². The fourth-order valence-corrected chi connectivity index (χ4v) is 2.10. The lowest BCUT2D eigenvalue weighted by Crippen LogP contribution is -2.13. The van der Waals surface area contributed by atoms with Crippen LogP contribution in [0.4, 0.5) is 5.69 Å². The summed E-state index contributed by atoms with van der Waals surface area (Å²) in [6.45, 7) is 5.32. The topological polar surface area (TPSA) is 62.5 Å². The molecule has 2 N–H and O–H groups in total. The van der Waals surface area contributed by atoms with E-state index in [1.807, 2.05) is 13.8 Å². The Kier molecular flexibility index (Phi) is 4.46. The highest BCUT2D eigenvalue weighted by Gasteiger charge is 2.18. The molecule has 108 valence electrons. The van der Waals surface area contributed by atoms with Crippen LogP contribution < -0.4 is 5.32 Å². The Morgan fingerprint density at radius 2 is 1.86 bits per heavy atom. The number of nitrogens with one attached hydrogen (secondary N) is 1. The van der Waals surface area contributed by atoms with Crippen LogP contribution in [0, 0.1) is 32.6 Å². The molecule has 0 aliphatic carbocycles. The summed E-state index contributed by atoms with van der Waals surface area (Å²) in [7, 11) is 0. The van der Waals surface area contributed by atoms with Gasteiger partial charge in [0.05, 0.1) is 5.56 Å². The van der Waals surface area contributed by atoms with E-state index in [2.05, 4.69) is 17.2 Å². The highest BCUT2D eigenvalue weighted by molar-refractivity contribution is 6.06. The van der Waals surface area contributed by atoms with Gasteiger partial charge in [-0.2, -0.15) is 0 Å². The molecule has 2 rings (SSSR count). The van der Waals surface area contributed by atoms with Gasteiger partial charge in [0.2, 0.25) is 0 Å². The lowest BCUT2D eigenvalue weighted by Gasteiger charge is -2.05. The minimum absolute atomic E-state index is 0.170. The summed E-state index contributed by atoms with van der Waals surface area (Å²) in [5.41, 5.74) is 2.91. The van der Waals surface area contributed by atoms with E-state index < -0.39 is 0 Å². The minimum atomic E-state index is -0.184. The zero-order chi connectivity index (χ0) is 15.4. The Morgan fingerprint density at radius 3 is 2.38 bits per heavy atom. The van der Waals surface area contributed by atoms with E-state index in [0.29, 0.717) is 17.0 Å². The predicted molar refractivity (Wildman–Crippen MR) is 81.3 cm³/mol. The number of furan rings is 1. The van der Waals surface area contributed by atoms with Crippen molar-refractivity contribution < 1.29 is 14.3 Å². The fraction of sp³-hybridized carbons (Fsp3) is 0.235. The molecule has 21 heavy (non-hydrogen) atoms. The molecule has 0 unspecified atom stereocenters. The van der Waals surface area contributed by atoms with E-state index in [0.717, 1.165) is 16.9 Å². The van der Waals surface area contributed by atoms with E-state index in [1.54, 1.807) is 31.2 Å². The lowest BCUT2D eigenvalue weighted by molar-refractivity contribution is 0.102. The smallest absolute Gasteiger partial charge is 0.259 e. The van der Waals surface area contributed by atoms with Crippen LogP contribution in [-0.4, -0.2) is 17.6 Å². The second kappa shape index (κ2) is 6.29. The van der Waals surface area contributed by atoms with Crippen molar-refractivity contribution in [3.8, 4) is 11.8 Å². The first-order chi connectivity index (χ1) is 10.0. The van der Waals surface area contributed by atoms with Crippen molar-refractivity contribution in [2.24, 2.45) is 0 Å².